The summed E-state index contributed by atoms with van der Waals surface area (Å²) in [4.78, 5) is 11.3. The first kappa shape index (κ1) is 15.0. The molecule has 2 atom stereocenters. The summed E-state index contributed by atoms with van der Waals surface area (Å²) in [6.07, 6.45) is 3.83. The van der Waals surface area contributed by atoms with Gasteiger partial charge in [0.1, 0.15) is 0 Å². The first-order valence-electron chi connectivity index (χ1n) is 7.19. The summed E-state index contributed by atoms with van der Waals surface area (Å²) in [6.45, 7) is 4.96. The number of carbonyl (C=O) groups is 1. The maximum atomic E-state index is 11.3. The standard InChI is InChI=1S/C14H23N3O3/c1-9-6-10(2)8-11(7-9)17-12(4-5-20-3)13(14(18)19)15-16-17/h9-11H,4-8H2,1-3H3,(H,18,19). The Hall–Kier alpha value is -1.43. The zero-order chi connectivity index (χ0) is 14.7. The molecule has 2 rings (SSSR count). The molecule has 0 aliphatic heterocycles. The van der Waals surface area contributed by atoms with Crippen LogP contribution in [0.1, 0.15) is 55.3 Å². The van der Waals surface area contributed by atoms with Crippen molar-refractivity contribution in [1.82, 2.24) is 15.0 Å². The highest BCUT2D eigenvalue weighted by Crippen LogP contribution is 2.36. The van der Waals surface area contributed by atoms with Crippen molar-refractivity contribution in [3.63, 3.8) is 0 Å². The normalized spacial score (nSPS) is 26.6. The number of carboxylic acid groups (broad SMARTS) is 1. The lowest BCUT2D eigenvalue weighted by Gasteiger charge is -2.32. The molecule has 1 saturated carbocycles. The van der Waals surface area contributed by atoms with Crippen LogP contribution in [0.5, 0.6) is 0 Å². The number of hydrogen-bond acceptors (Lipinski definition) is 4. The van der Waals surface area contributed by atoms with Gasteiger partial charge in [-0.15, -0.1) is 5.10 Å². The third-order valence-electron chi connectivity index (χ3n) is 4.04. The van der Waals surface area contributed by atoms with Crippen LogP contribution in [0.2, 0.25) is 0 Å². The fourth-order valence-corrected chi connectivity index (χ4v) is 3.31. The Bertz CT molecular complexity index is 462. The van der Waals surface area contributed by atoms with Gasteiger partial charge in [0.15, 0.2) is 5.69 Å². The second kappa shape index (κ2) is 6.35. The largest absolute Gasteiger partial charge is 0.476 e. The molecule has 1 aliphatic rings. The molecule has 1 fully saturated rings. The average Bonchev–Trinajstić information content (AvgIpc) is 2.78. The van der Waals surface area contributed by atoms with E-state index in [4.69, 9.17) is 4.74 Å². The van der Waals surface area contributed by atoms with Crippen LogP contribution in [-0.4, -0.2) is 39.8 Å². The quantitative estimate of drug-likeness (QED) is 0.895. The van der Waals surface area contributed by atoms with Gasteiger partial charge < -0.3 is 9.84 Å². The zero-order valence-corrected chi connectivity index (χ0v) is 12.4. The van der Waals surface area contributed by atoms with Crippen molar-refractivity contribution in [2.75, 3.05) is 13.7 Å². The smallest absolute Gasteiger partial charge is 0.358 e. The molecule has 1 heterocycles. The minimum atomic E-state index is -1.01. The summed E-state index contributed by atoms with van der Waals surface area (Å²) in [6, 6.07) is 0.251. The summed E-state index contributed by atoms with van der Waals surface area (Å²) in [5.41, 5.74) is 0.749. The number of hydrogen-bond donors (Lipinski definition) is 1. The highest BCUT2D eigenvalue weighted by Gasteiger charge is 2.29. The minimum Gasteiger partial charge on any atom is -0.476 e. The van der Waals surface area contributed by atoms with E-state index < -0.39 is 5.97 Å². The molecule has 6 heteroatoms. The molecule has 0 spiro atoms. The van der Waals surface area contributed by atoms with Gasteiger partial charge in [0.05, 0.1) is 18.3 Å². The van der Waals surface area contributed by atoms with Crippen molar-refractivity contribution in [2.45, 2.75) is 45.6 Å². The molecule has 6 nitrogen and oxygen atoms in total. The van der Waals surface area contributed by atoms with E-state index in [9.17, 15) is 9.90 Å². The van der Waals surface area contributed by atoms with Crippen LogP contribution in [-0.2, 0) is 11.2 Å². The Morgan fingerprint density at radius 1 is 1.35 bits per heavy atom. The minimum absolute atomic E-state index is 0.0629. The summed E-state index contributed by atoms with van der Waals surface area (Å²) in [5, 5.41) is 17.2. The highest BCUT2D eigenvalue weighted by molar-refractivity contribution is 5.86. The maximum absolute atomic E-state index is 11.3. The highest BCUT2D eigenvalue weighted by atomic mass is 16.5. The fraction of sp³-hybridized carbons (Fsp3) is 0.786. The lowest BCUT2D eigenvalue weighted by Crippen LogP contribution is -2.25. The molecule has 0 saturated heterocycles. The molecular formula is C14H23N3O3. The molecular weight excluding hydrogens is 258 g/mol. The zero-order valence-electron chi connectivity index (χ0n) is 12.4. The van der Waals surface area contributed by atoms with Crippen molar-refractivity contribution in [2.24, 2.45) is 11.8 Å². The number of carboxylic acids is 1. The third-order valence-corrected chi connectivity index (χ3v) is 4.04. The van der Waals surface area contributed by atoms with E-state index in [0.29, 0.717) is 30.6 Å². The third kappa shape index (κ3) is 3.17. The lowest BCUT2D eigenvalue weighted by atomic mass is 9.80. The Balaban J connectivity index is 2.27. The molecule has 112 valence electrons. The first-order chi connectivity index (χ1) is 9.52. The van der Waals surface area contributed by atoms with Crippen LogP contribution < -0.4 is 0 Å². The van der Waals surface area contributed by atoms with Crippen LogP contribution in [0.3, 0.4) is 0 Å². The van der Waals surface area contributed by atoms with Crippen molar-refractivity contribution >= 4 is 5.97 Å². The lowest BCUT2D eigenvalue weighted by molar-refractivity contribution is 0.0688. The van der Waals surface area contributed by atoms with E-state index in [1.807, 2.05) is 4.68 Å². The van der Waals surface area contributed by atoms with Crippen molar-refractivity contribution in [3.05, 3.63) is 11.4 Å². The van der Waals surface area contributed by atoms with Gasteiger partial charge in [-0.25, -0.2) is 9.48 Å². The van der Waals surface area contributed by atoms with Crippen LogP contribution >= 0.6 is 0 Å². The number of aromatic carboxylic acids is 1. The van der Waals surface area contributed by atoms with Crippen LogP contribution in [0.15, 0.2) is 0 Å². The second-order valence-electron chi connectivity index (χ2n) is 5.95. The van der Waals surface area contributed by atoms with Gasteiger partial charge in [-0.1, -0.05) is 19.1 Å². The molecule has 0 bridgehead atoms. The first-order valence-corrected chi connectivity index (χ1v) is 7.19. The molecule has 0 aromatic carbocycles. The van der Waals surface area contributed by atoms with Crippen molar-refractivity contribution < 1.29 is 14.6 Å². The number of rotatable bonds is 5. The number of ether oxygens (including phenoxy) is 1. The number of methoxy groups -OCH3 is 1. The fourth-order valence-electron chi connectivity index (χ4n) is 3.31. The van der Waals surface area contributed by atoms with E-state index in [2.05, 4.69) is 24.2 Å². The van der Waals surface area contributed by atoms with E-state index in [1.165, 1.54) is 6.42 Å². The molecule has 20 heavy (non-hydrogen) atoms. The van der Waals surface area contributed by atoms with Gasteiger partial charge in [0, 0.05) is 13.5 Å². The van der Waals surface area contributed by atoms with Gasteiger partial charge >= 0.3 is 5.97 Å². The topological polar surface area (TPSA) is 77.2 Å². The number of nitrogens with zero attached hydrogens (tertiary/aromatic N) is 3. The number of aromatic nitrogens is 3. The van der Waals surface area contributed by atoms with Gasteiger partial charge in [-0.05, 0) is 31.1 Å². The summed E-state index contributed by atoms with van der Waals surface area (Å²) >= 11 is 0. The predicted molar refractivity (Wildman–Crippen MR) is 73.8 cm³/mol. The summed E-state index contributed by atoms with van der Waals surface area (Å²) in [7, 11) is 1.61. The SMILES string of the molecule is COCCc1c(C(=O)O)nnn1C1CC(C)CC(C)C1. The molecule has 2 unspecified atom stereocenters. The summed E-state index contributed by atoms with van der Waals surface area (Å²) < 4.78 is 6.90. The Morgan fingerprint density at radius 3 is 2.55 bits per heavy atom. The average molecular weight is 281 g/mol. The maximum Gasteiger partial charge on any atom is 0.358 e. The Morgan fingerprint density at radius 2 is 2.00 bits per heavy atom. The molecule has 1 aliphatic carbocycles. The molecule has 0 amide bonds. The van der Waals surface area contributed by atoms with E-state index in [-0.39, 0.29) is 11.7 Å². The molecule has 1 aromatic rings. The summed E-state index contributed by atoms with van der Waals surface area (Å²) in [5.74, 6) is 0.257. The van der Waals surface area contributed by atoms with E-state index in [0.717, 1.165) is 12.8 Å². The van der Waals surface area contributed by atoms with E-state index >= 15 is 0 Å². The molecule has 1 N–H and O–H groups in total. The van der Waals surface area contributed by atoms with Crippen LogP contribution in [0.25, 0.3) is 0 Å². The van der Waals surface area contributed by atoms with Crippen molar-refractivity contribution in [3.8, 4) is 0 Å². The van der Waals surface area contributed by atoms with Crippen molar-refractivity contribution in [1.29, 1.82) is 0 Å². The van der Waals surface area contributed by atoms with Gasteiger partial charge in [0.2, 0.25) is 0 Å². The van der Waals surface area contributed by atoms with Crippen LogP contribution in [0, 0.1) is 11.8 Å². The van der Waals surface area contributed by atoms with Gasteiger partial charge in [0.25, 0.3) is 0 Å². The van der Waals surface area contributed by atoms with Gasteiger partial charge in [-0.3, -0.25) is 0 Å². The predicted octanol–water partition coefficient (Wildman–Crippen LogP) is 2.16. The Labute approximate surface area is 119 Å². The van der Waals surface area contributed by atoms with Gasteiger partial charge in [-0.2, -0.15) is 0 Å². The molecule has 1 aromatic heterocycles. The van der Waals surface area contributed by atoms with Crippen LogP contribution in [0.4, 0.5) is 0 Å². The monoisotopic (exact) mass is 281 g/mol. The molecule has 0 radical (unpaired) electrons. The second-order valence-corrected chi connectivity index (χ2v) is 5.95. The Kier molecular flexibility index (Phi) is 4.75. The van der Waals surface area contributed by atoms with E-state index in [1.54, 1.807) is 7.11 Å².